The summed E-state index contributed by atoms with van der Waals surface area (Å²) in [6.45, 7) is 0.659. The molecule has 0 aliphatic carbocycles. The third kappa shape index (κ3) is 3.40. The molecule has 0 saturated heterocycles. The summed E-state index contributed by atoms with van der Waals surface area (Å²) in [4.78, 5) is 33.8. The van der Waals surface area contributed by atoms with E-state index in [1.54, 1.807) is 19.1 Å². The first-order valence-corrected chi connectivity index (χ1v) is 8.08. The van der Waals surface area contributed by atoms with Crippen LogP contribution >= 0.6 is 0 Å². The van der Waals surface area contributed by atoms with E-state index in [0.29, 0.717) is 22.3 Å². The van der Waals surface area contributed by atoms with Crippen molar-refractivity contribution in [2.45, 2.75) is 31.8 Å². The third-order valence-corrected chi connectivity index (χ3v) is 4.34. The largest absolute Gasteiger partial charge is 0.398 e. The van der Waals surface area contributed by atoms with Crippen molar-refractivity contribution >= 4 is 16.7 Å². The number of aryl methyl sites for hydroxylation is 1. The number of aliphatic hydroxyl groups excluding tert-OH is 4. The van der Waals surface area contributed by atoms with Crippen LogP contribution in [0.4, 0.5) is 5.69 Å². The highest BCUT2D eigenvalue weighted by atomic mass is 16.4. The molecule has 27 heavy (non-hydrogen) atoms. The number of nitrogens with zero attached hydrogens (tertiary/aromatic N) is 3. The van der Waals surface area contributed by atoms with Crippen LogP contribution in [-0.2, 0) is 6.54 Å². The highest BCUT2D eigenvalue weighted by molar-refractivity contribution is 5.83. The van der Waals surface area contributed by atoms with Gasteiger partial charge in [0, 0.05) is 5.69 Å². The van der Waals surface area contributed by atoms with Crippen molar-refractivity contribution in [1.29, 1.82) is 0 Å². The molecule has 11 nitrogen and oxygen atoms in total. The van der Waals surface area contributed by atoms with Crippen molar-refractivity contribution in [3.8, 4) is 11.5 Å². The molecule has 1 aromatic rings. The third-order valence-electron chi connectivity index (χ3n) is 4.34. The summed E-state index contributed by atoms with van der Waals surface area (Å²) in [6.07, 6.45) is -4.78. The zero-order chi connectivity index (χ0) is 19.9. The van der Waals surface area contributed by atoms with Crippen molar-refractivity contribution in [3.05, 3.63) is 38.5 Å². The van der Waals surface area contributed by atoms with Crippen LogP contribution in [0, 0.1) is 6.92 Å². The lowest BCUT2D eigenvalue weighted by Crippen LogP contribution is -2.42. The molecule has 3 rings (SSSR count). The quantitative estimate of drug-likeness (QED) is 0.207. The smallest absolute Gasteiger partial charge is 0.349 e. The van der Waals surface area contributed by atoms with E-state index in [-0.39, 0.29) is 18.1 Å². The molecule has 0 saturated carbocycles. The molecule has 0 bridgehead atoms. The van der Waals surface area contributed by atoms with Crippen LogP contribution in [0.1, 0.15) is 5.56 Å². The summed E-state index contributed by atoms with van der Waals surface area (Å²) in [5.41, 5.74) is 6.02. The number of nitrogens with one attached hydrogen (secondary N) is 1. The Kier molecular flexibility index (Phi) is 4.93. The van der Waals surface area contributed by atoms with Gasteiger partial charge in [-0.25, -0.2) is 9.78 Å². The highest BCUT2D eigenvalue weighted by Gasteiger charge is 2.27. The zero-order valence-corrected chi connectivity index (χ0v) is 14.3. The van der Waals surface area contributed by atoms with Crippen molar-refractivity contribution in [3.63, 3.8) is 0 Å². The molecule has 0 fully saturated rings. The van der Waals surface area contributed by atoms with E-state index in [4.69, 9.17) is 10.8 Å². The molecule has 3 atom stereocenters. The molecule has 0 radical (unpaired) electrons. The van der Waals surface area contributed by atoms with Gasteiger partial charge in [-0.1, -0.05) is 0 Å². The number of H-pyrrole nitrogens is 1. The van der Waals surface area contributed by atoms with E-state index in [1.807, 2.05) is 4.98 Å². The fourth-order valence-corrected chi connectivity index (χ4v) is 2.81. The van der Waals surface area contributed by atoms with Crippen molar-refractivity contribution in [1.82, 2.24) is 19.5 Å². The lowest BCUT2D eigenvalue weighted by molar-refractivity contribution is -0.0802. The minimum absolute atomic E-state index is 0.107. The molecule has 0 unspecified atom stereocenters. The topological polar surface area (TPSA) is 188 Å². The van der Waals surface area contributed by atoms with Gasteiger partial charge in [0.1, 0.15) is 18.3 Å². The van der Waals surface area contributed by atoms with E-state index < -0.39 is 36.2 Å². The van der Waals surface area contributed by atoms with Gasteiger partial charge in [-0.05, 0) is 24.6 Å². The lowest BCUT2D eigenvalue weighted by atomic mass is 10.1. The molecule has 7 N–H and O–H groups in total. The van der Waals surface area contributed by atoms with Crippen LogP contribution in [0.25, 0.3) is 22.6 Å². The van der Waals surface area contributed by atoms with Crippen LogP contribution in [-0.4, -0.2) is 64.9 Å². The molecule has 11 heteroatoms. The first-order valence-electron chi connectivity index (χ1n) is 8.08. The average Bonchev–Trinajstić information content (AvgIpc) is 2.62. The SMILES string of the molecule is Cc1cc2nc3c(=O)[nH]c(=O)nc-3n(C[C@H](O)[C@H](O)[C@H](O)CO)c2cc1N. The van der Waals surface area contributed by atoms with Crippen LogP contribution in [0.5, 0.6) is 0 Å². The molecule has 2 aliphatic rings. The van der Waals surface area contributed by atoms with Crippen LogP contribution in [0.2, 0.25) is 0 Å². The van der Waals surface area contributed by atoms with Crippen LogP contribution < -0.4 is 17.0 Å². The Bertz CT molecular complexity index is 1080. The van der Waals surface area contributed by atoms with Gasteiger partial charge in [0.25, 0.3) is 5.56 Å². The minimum atomic E-state index is -1.67. The Morgan fingerprint density at radius 2 is 1.89 bits per heavy atom. The lowest BCUT2D eigenvalue weighted by Gasteiger charge is -2.25. The van der Waals surface area contributed by atoms with Crippen molar-refractivity contribution in [2.24, 2.45) is 0 Å². The van der Waals surface area contributed by atoms with E-state index in [9.17, 15) is 24.9 Å². The first-order chi connectivity index (χ1) is 12.7. The summed E-state index contributed by atoms with van der Waals surface area (Å²) in [6, 6.07) is 3.18. The van der Waals surface area contributed by atoms with Crippen molar-refractivity contribution in [2.75, 3.05) is 12.3 Å². The molecule has 0 amide bonds. The first kappa shape index (κ1) is 18.9. The maximum atomic E-state index is 12.1. The molecule has 0 spiro atoms. The second-order valence-electron chi connectivity index (χ2n) is 6.27. The summed E-state index contributed by atoms with van der Waals surface area (Å²) in [7, 11) is 0. The number of anilines is 1. The second kappa shape index (κ2) is 7.04. The number of benzene rings is 1. The molecular formula is C16H19N5O6. The minimum Gasteiger partial charge on any atom is -0.398 e. The molecule has 0 aromatic heterocycles. The Hall–Kier alpha value is -2.86. The monoisotopic (exact) mass is 377 g/mol. The summed E-state index contributed by atoms with van der Waals surface area (Å²) < 4.78 is 1.32. The average molecular weight is 377 g/mol. The van der Waals surface area contributed by atoms with E-state index in [2.05, 4.69) is 9.97 Å². The Morgan fingerprint density at radius 3 is 2.56 bits per heavy atom. The Labute approximate surface area is 151 Å². The van der Waals surface area contributed by atoms with Gasteiger partial charge >= 0.3 is 5.69 Å². The van der Waals surface area contributed by atoms with E-state index in [0.717, 1.165) is 0 Å². The number of hydrogen-bond acceptors (Lipinski definition) is 9. The normalized spacial score (nSPS) is 15.1. The standard InChI is InChI=1S/C16H19N5O6/c1-6-2-8-9(3-7(6)17)21(4-10(23)13(25)11(24)5-22)14-12(18-8)15(26)20-16(27)19-14/h2-3,10-11,13,22-25H,4-5,17H2,1H3,(H,20,26,27)/t10-,11+,13-/m0/s1. The summed E-state index contributed by atoms with van der Waals surface area (Å²) in [5, 5.41) is 38.7. The van der Waals surface area contributed by atoms with Crippen LogP contribution in [0.15, 0.2) is 21.7 Å². The van der Waals surface area contributed by atoms with Crippen molar-refractivity contribution < 1.29 is 20.4 Å². The second-order valence-corrected chi connectivity index (χ2v) is 6.27. The molecule has 2 aliphatic heterocycles. The number of aromatic amines is 1. The fourth-order valence-electron chi connectivity index (χ4n) is 2.81. The number of fused-ring (bicyclic) bond motifs is 2. The Balaban J connectivity index is 2.28. The van der Waals surface area contributed by atoms with Gasteiger partial charge in [-0.15, -0.1) is 0 Å². The van der Waals surface area contributed by atoms with Gasteiger partial charge in [0.15, 0.2) is 11.5 Å². The maximum Gasteiger partial charge on any atom is 0.349 e. The summed E-state index contributed by atoms with van der Waals surface area (Å²) in [5.74, 6) is -0.107. The number of nitrogen functional groups attached to an aromatic ring is 1. The van der Waals surface area contributed by atoms with Crippen LogP contribution in [0.3, 0.4) is 0 Å². The number of rotatable bonds is 5. The highest BCUT2D eigenvalue weighted by Crippen LogP contribution is 2.25. The van der Waals surface area contributed by atoms with Gasteiger partial charge in [0.2, 0.25) is 0 Å². The maximum absolute atomic E-state index is 12.1. The summed E-state index contributed by atoms with van der Waals surface area (Å²) >= 11 is 0. The van der Waals surface area contributed by atoms with Gasteiger partial charge in [0.05, 0.1) is 24.2 Å². The van der Waals surface area contributed by atoms with Gasteiger partial charge < -0.3 is 30.7 Å². The predicted molar refractivity (Wildman–Crippen MR) is 95.3 cm³/mol. The number of hydrogen-bond donors (Lipinski definition) is 6. The molecule has 2 heterocycles. The zero-order valence-electron chi connectivity index (χ0n) is 14.3. The predicted octanol–water partition coefficient (Wildman–Crippen LogP) is -2.45. The molecule has 1 aromatic carbocycles. The Morgan fingerprint density at radius 1 is 1.19 bits per heavy atom. The number of nitrogens with two attached hydrogens (primary N) is 1. The van der Waals surface area contributed by atoms with E-state index >= 15 is 0 Å². The fraction of sp³-hybridized carbons (Fsp3) is 0.375. The molecule has 144 valence electrons. The number of aliphatic hydroxyl groups is 4. The van der Waals surface area contributed by atoms with E-state index in [1.165, 1.54) is 4.57 Å². The van der Waals surface area contributed by atoms with Gasteiger partial charge in [-0.3, -0.25) is 9.78 Å². The van der Waals surface area contributed by atoms with Gasteiger partial charge in [-0.2, -0.15) is 4.98 Å². The number of aromatic nitrogens is 4. The molecular weight excluding hydrogens is 358 g/mol.